The third-order valence-corrected chi connectivity index (χ3v) is 4.77. The van der Waals surface area contributed by atoms with Crippen LogP contribution in [-0.2, 0) is 0 Å². The molecular formula is C13H20BrNO2S. The minimum atomic E-state index is -0.686. The lowest BCUT2D eigenvalue weighted by atomic mass is 10.0. The Kier molecular flexibility index (Phi) is 7.26. The van der Waals surface area contributed by atoms with Crippen molar-refractivity contribution >= 4 is 27.7 Å². The Hall–Kier alpha value is -0.0700. The van der Waals surface area contributed by atoms with Gasteiger partial charge in [0.25, 0.3) is 0 Å². The lowest BCUT2D eigenvalue weighted by molar-refractivity contribution is 0.113. The number of aliphatic hydroxyl groups excluding tert-OH is 2. The highest BCUT2D eigenvalue weighted by molar-refractivity contribution is 9.10. The van der Waals surface area contributed by atoms with Crippen LogP contribution in [0.2, 0.25) is 0 Å². The van der Waals surface area contributed by atoms with Gasteiger partial charge in [-0.2, -0.15) is 0 Å². The number of rotatable bonds is 7. The molecule has 102 valence electrons. The van der Waals surface area contributed by atoms with Crippen molar-refractivity contribution in [3.05, 3.63) is 34.3 Å². The minimum Gasteiger partial charge on any atom is -0.394 e. The molecule has 0 aliphatic rings. The molecule has 5 heteroatoms. The highest BCUT2D eigenvalue weighted by atomic mass is 79.9. The van der Waals surface area contributed by atoms with E-state index in [-0.39, 0.29) is 17.9 Å². The Morgan fingerprint density at radius 3 is 2.72 bits per heavy atom. The number of nitrogens with two attached hydrogens (primary N) is 1. The van der Waals surface area contributed by atoms with Crippen LogP contribution in [0.3, 0.4) is 0 Å². The summed E-state index contributed by atoms with van der Waals surface area (Å²) in [5, 5.41) is 18.4. The number of hydrogen-bond donors (Lipinski definition) is 3. The normalized spacial score (nSPS) is 16.3. The molecule has 0 saturated heterocycles. The van der Waals surface area contributed by atoms with Crippen molar-refractivity contribution in [2.75, 3.05) is 12.4 Å². The first kappa shape index (κ1) is 16.0. The third kappa shape index (κ3) is 4.90. The van der Waals surface area contributed by atoms with E-state index in [2.05, 4.69) is 28.9 Å². The van der Waals surface area contributed by atoms with Crippen LogP contribution in [0.15, 0.2) is 28.7 Å². The molecule has 0 saturated carbocycles. The number of thioether (sulfide) groups is 1. The van der Waals surface area contributed by atoms with Crippen LogP contribution in [0.1, 0.15) is 24.2 Å². The van der Waals surface area contributed by atoms with Gasteiger partial charge in [0.05, 0.1) is 12.7 Å². The lowest BCUT2D eigenvalue weighted by Gasteiger charge is -2.24. The molecule has 3 atom stereocenters. The van der Waals surface area contributed by atoms with Crippen molar-refractivity contribution in [2.24, 2.45) is 5.73 Å². The zero-order chi connectivity index (χ0) is 13.5. The summed E-state index contributed by atoms with van der Waals surface area (Å²) in [7, 11) is 0. The van der Waals surface area contributed by atoms with Crippen LogP contribution in [0, 0.1) is 0 Å². The number of halogens is 1. The van der Waals surface area contributed by atoms with Crippen LogP contribution < -0.4 is 5.73 Å². The van der Waals surface area contributed by atoms with Crippen LogP contribution in [0.5, 0.6) is 0 Å². The Morgan fingerprint density at radius 2 is 2.17 bits per heavy atom. The van der Waals surface area contributed by atoms with E-state index in [0.717, 1.165) is 16.5 Å². The first-order valence-corrected chi connectivity index (χ1v) is 7.84. The Balaban J connectivity index is 2.78. The topological polar surface area (TPSA) is 66.5 Å². The molecule has 3 nitrogen and oxygen atoms in total. The van der Waals surface area contributed by atoms with Crippen molar-refractivity contribution in [1.82, 2.24) is 0 Å². The monoisotopic (exact) mass is 333 g/mol. The summed E-state index contributed by atoms with van der Waals surface area (Å²) in [5.41, 5.74) is 7.29. The Morgan fingerprint density at radius 1 is 1.44 bits per heavy atom. The first-order valence-electron chi connectivity index (χ1n) is 6.00. The maximum atomic E-state index is 9.44. The van der Waals surface area contributed by atoms with Crippen LogP contribution in [0.4, 0.5) is 0 Å². The standard InChI is InChI=1S/C13H20BrNO2S/c1-2-12(15)13(18-8-11(17)7-16)9-4-3-5-10(14)6-9/h3-6,11-13,16-17H,2,7-8,15H2,1H3. The summed E-state index contributed by atoms with van der Waals surface area (Å²) in [4.78, 5) is 0. The summed E-state index contributed by atoms with van der Waals surface area (Å²) in [5.74, 6) is 0.487. The molecule has 0 spiro atoms. The van der Waals surface area contributed by atoms with Gasteiger partial charge in [0.2, 0.25) is 0 Å². The fourth-order valence-electron chi connectivity index (χ4n) is 1.63. The van der Waals surface area contributed by atoms with Gasteiger partial charge in [0.1, 0.15) is 0 Å². The molecule has 4 N–H and O–H groups in total. The van der Waals surface area contributed by atoms with Crippen molar-refractivity contribution in [1.29, 1.82) is 0 Å². The largest absolute Gasteiger partial charge is 0.394 e. The second-order valence-electron chi connectivity index (χ2n) is 4.22. The molecule has 0 bridgehead atoms. The molecule has 1 rings (SSSR count). The molecule has 3 unspecified atom stereocenters. The predicted molar refractivity (Wildman–Crippen MR) is 80.7 cm³/mol. The maximum Gasteiger partial charge on any atom is 0.0861 e. The number of aliphatic hydroxyl groups is 2. The summed E-state index contributed by atoms with van der Waals surface area (Å²) >= 11 is 5.05. The zero-order valence-corrected chi connectivity index (χ0v) is 12.8. The molecule has 0 aromatic heterocycles. The summed E-state index contributed by atoms with van der Waals surface area (Å²) in [6.45, 7) is 1.85. The van der Waals surface area contributed by atoms with Crippen molar-refractivity contribution in [3.8, 4) is 0 Å². The maximum absolute atomic E-state index is 9.44. The average Bonchev–Trinajstić information content (AvgIpc) is 2.38. The molecule has 0 radical (unpaired) electrons. The van der Waals surface area contributed by atoms with Gasteiger partial charge in [0, 0.05) is 21.5 Å². The van der Waals surface area contributed by atoms with Gasteiger partial charge in [-0.15, -0.1) is 11.8 Å². The van der Waals surface area contributed by atoms with E-state index in [4.69, 9.17) is 10.8 Å². The quantitative estimate of drug-likeness (QED) is 0.716. The van der Waals surface area contributed by atoms with E-state index in [9.17, 15) is 5.11 Å². The summed E-state index contributed by atoms with van der Waals surface area (Å²) in [6.07, 6.45) is 0.188. The van der Waals surface area contributed by atoms with Gasteiger partial charge >= 0.3 is 0 Å². The van der Waals surface area contributed by atoms with Crippen LogP contribution >= 0.6 is 27.7 Å². The molecule has 18 heavy (non-hydrogen) atoms. The number of hydrogen-bond acceptors (Lipinski definition) is 4. The van der Waals surface area contributed by atoms with E-state index in [0.29, 0.717) is 5.75 Å². The van der Waals surface area contributed by atoms with Crippen LogP contribution in [0.25, 0.3) is 0 Å². The van der Waals surface area contributed by atoms with Gasteiger partial charge < -0.3 is 15.9 Å². The van der Waals surface area contributed by atoms with Crippen molar-refractivity contribution in [2.45, 2.75) is 30.7 Å². The summed E-state index contributed by atoms with van der Waals surface area (Å²) in [6, 6.07) is 8.10. The van der Waals surface area contributed by atoms with Crippen molar-refractivity contribution < 1.29 is 10.2 Å². The Labute approximate surface area is 121 Å². The molecule has 1 aromatic rings. The van der Waals surface area contributed by atoms with Gasteiger partial charge in [-0.3, -0.25) is 0 Å². The molecule has 0 aliphatic carbocycles. The lowest BCUT2D eigenvalue weighted by Crippen LogP contribution is -2.27. The molecule has 0 amide bonds. The zero-order valence-electron chi connectivity index (χ0n) is 10.4. The molecule has 1 aromatic carbocycles. The SMILES string of the molecule is CCC(N)C(SCC(O)CO)c1cccc(Br)c1. The fraction of sp³-hybridized carbons (Fsp3) is 0.538. The average molecular weight is 334 g/mol. The predicted octanol–water partition coefficient (Wildman–Crippen LogP) is 2.31. The van der Waals surface area contributed by atoms with Gasteiger partial charge in [-0.1, -0.05) is 35.0 Å². The van der Waals surface area contributed by atoms with Gasteiger partial charge in [-0.05, 0) is 24.1 Å². The second-order valence-corrected chi connectivity index (χ2v) is 6.31. The highest BCUT2D eigenvalue weighted by Crippen LogP contribution is 2.34. The highest BCUT2D eigenvalue weighted by Gasteiger charge is 2.20. The van der Waals surface area contributed by atoms with E-state index in [1.54, 1.807) is 11.8 Å². The van der Waals surface area contributed by atoms with Crippen molar-refractivity contribution in [3.63, 3.8) is 0 Å². The molecule has 0 fully saturated rings. The Bertz CT molecular complexity index is 365. The fourth-order valence-corrected chi connectivity index (χ4v) is 3.36. The minimum absolute atomic E-state index is 0.0372. The van der Waals surface area contributed by atoms with E-state index in [1.165, 1.54) is 0 Å². The third-order valence-electron chi connectivity index (χ3n) is 2.72. The van der Waals surface area contributed by atoms with Gasteiger partial charge in [0.15, 0.2) is 0 Å². The van der Waals surface area contributed by atoms with E-state index < -0.39 is 6.10 Å². The first-order chi connectivity index (χ1) is 8.58. The molecule has 0 heterocycles. The number of benzene rings is 1. The molecular weight excluding hydrogens is 314 g/mol. The van der Waals surface area contributed by atoms with Gasteiger partial charge in [-0.25, -0.2) is 0 Å². The van der Waals surface area contributed by atoms with E-state index >= 15 is 0 Å². The smallest absolute Gasteiger partial charge is 0.0861 e. The van der Waals surface area contributed by atoms with Crippen LogP contribution in [-0.4, -0.2) is 34.7 Å². The molecule has 0 aliphatic heterocycles. The van der Waals surface area contributed by atoms with E-state index in [1.807, 2.05) is 18.2 Å². The summed E-state index contributed by atoms with van der Waals surface area (Å²) < 4.78 is 1.02. The second kappa shape index (κ2) is 8.17.